The highest BCUT2D eigenvalue weighted by atomic mass is 35.5. The van der Waals surface area contributed by atoms with Crippen LogP contribution in [0.2, 0.25) is 5.02 Å². The lowest BCUT2D eigenvalue weighted by molar-refractivity contribution is 0.104. The Hall–Kier alpha value is -1.42. The molecule has 0 unspecified atom stereocenters. The lowest BCUT2D eigenvalue weighted by atomic mass is 10.2. The van der Waals surface area contributed by atoms with E-state index in [-0.39, 0.29) is 0 Å². The van der Waals surface area contributed by atoms with Crippen LogP contribution in [-0.4, -0.2) is 11.5 Å². The average molecular weight is 291 g/mol. The summed E-state index contributed by atoms with van der Waals surface area (Å²) >= 11 is 5.84. The van der Waals surface area contributed by atoms with Crippen molar-refractivity contribution in [2.24, 2.45) is 0 Å². The van der Waals surface area contributed by atoms with Crippen molar-refractivity contribution in [2.75, 3.05) is 6.54 Å². The number of rotatable bonds is 7. The number of pyridine rings is 1. The summed E-state index contributed by atoms with van der Waals surface area (Å²) in [5, 5.41) is 4.01. The molecule has 0 aliphatic rings. The maximum Gasteiger partial charge on any atom is 0.0892 e. The molecule has 1 N–H and O–H groups in total. The van der Waals surface area contributed by atoms with E-state index >= 15 is 0 Å². The van der Waals surface area contributed by atoms with Gasteiger partial charge in [-0.2, -0.15) is 0 Å². The van der Waals surface area contributed by atoms with E-state index in [0.29, 0.717) is 13.2 Å². The van der Waals surface area contributed by atoms with Crippen LogP contribution in [0, 0.1) is 0 Å². The fourth-order valence-electron chi connectivity index (χ4n) is 1.82. The van der Waals surface area contributed by atoms with Crippen molar-refractivity contribution in [1.82, 2.24) is 10.3 Å². The molecular formula is C16H19ClN2O. The van der Waals surface area contributed by atoms with Gasteiger partial charge in [0.1, 0.15) is 0 Å². The van der Waals surface area contributed by atoms with Crippen LogP contribution in [-0.2, 0) is 24.5 Å². The highest BCUT2D eigenvalue weighted by molar-refractivity contribution is 6.30. The van der Waals surface area contributed by atoms with Crippen molar-refractivity contribution >= 4 is 11.6 Å². The van der Waals surface area contributed by atoms with Gasteiger partial charge in [-0.15, -0.1) is 0 Å². The molecule has 0 aliphatic carbocycles. The largest absolute Gasteiger partial charge is 0.370 e. The minimum atomic E-state index is 0.516. The molecule has 1 heterocycles. The van der Waals surface area contributed by atoms with E-state index in [1.54, 1.807) is 0 Å². The first kappa shape index (κ1) is 15.0. The zero-order valence-corrected chi connectivity index (χ0v) is 12.4. The van der Waals surface area contributed by atoms with Gasteiger partial charge in [-0.1, -0.05) is 36.7 Å². The molecule has 1 aromatic heterocycles. The molecule has 0 atom stereocenters. The number of aromatic nitrogens is 1. The molecule has 3 nitrogen and oxygen atoms in total. The Morgan fingerprint density at radius 2 is 1.80 bits per heavy atom. The van der Waals surface area contributed by atoms with E-state index < -0.39 is 0 Å². The summed E-state index contributed by atoms with van der Waals surface area (Å²) in [6.07, 6.45) is 0. The molecule has 1 aromatic carbocycles. The summed E-state index contributed by atoms with van der Waals surface area (Å²) in [6.45, 7) is 4.90. The smallest absolute Gasteiger partial charge is 0.0892 e. The molecule has 0 saturated carbocycles. The van der Waals surface area contributed by atoms with Crippen molar-refractivity contribution in [3.8, 4) is 0 Å². The normalized spacial score (nSPS) is 10.7. The maximum atomic E-state index is 5.84. The van der Waals surface area contributed by atoms with Gasteiger partial charge in [0, 0.05) is 11.6 Å². The van der Waals surface area contributed by atoms with Gasteiger partial charge in [-0.3, -0.25) is 4.98 Å². The minimum Gasteiger partial charge on any atom is -0.370 e. The second-order valence-corrected chi connectivity index (χ2v) is 4.96. The summed E-state index contributed by atoms with van der Waals surface area (Å²) in [5.74, 6) is 0. The van der Waals surface area contributed by atoms with Gasteiger partial charge in [0.25, 0.3) is 0 Å². The van der Waals surface area contributed by atoms with Crippen LogP contribution >= 0.6 is 11.6 Å². The van der Waals surface area contributed by atoms with Crippen LogP contribution in [0.15, 0.2) is 42.5 Å². The summed E-state index contributed by atoms with van der Waals surface area (Å²) in [4.78, 5) is 4.55. The van der Waals surface area contributed by atoms with E-state index in [0.717, 1.165) is 35.1 Å². The van der Waals surface area contributed by atoms with Crippen LogP contribution in [0.5, 0.6) is 0 Å². The van der Waals surface area contributed by atoms with Crippen molar-refractivity contribution in [3.63, 3.8) is 0 Å². The molecule has 20 heavy (non-hydrogen) atoms. The molecule has 0 radical (unpaired) electrons. The molecular weight excluding hydrogens is 272 g/mol. The fourth-order valence-corrected chi connectivity index (χ4v) is 1.94. The molecule has 0 saturated heterocycles. The quantitative estimate of drug-likeness (QED) is 0.846. The van der Waals surface area contributed by atoms with Gasteiger partial charge in [0.15, 0.2) is 0 Å². The maximum absolute atomic E-state index is 5.84. The third-order valence-corrected chi connectivity index (χ3v) is 3.10. The van der Waals surface area contributed by atoms with Crippen molar-refractivity contribution in [2.45, 2.75) is 26.7 Å². The topological polar surface area (TPSA) is 34.1 Å². The Morgan fingerprint density at radius 3 is 2.55 bits per heavy atom. The first-order chi connectivity index (χ1) is 9.78. The summed E-state index contributed by atoms with van der Waals surface area (Å²) in [6, 6.07) is 13.7. The average Bonchev–Trinajstić information content (AvgIpc) is 2.48. The summed E-state index contributed by atoms with van der Waals surface area (Å²) in [7, 11) is 0. The molecule has 2 aromatic rings. The van der Waals surface area contributed by atoms with E-state index in [1.165, 1.54) is 0 Å². The predicted octanol–water partition coefficient (Wildman–Crippen LogP) is 3.56. The Bertz CT molecular complexity index is 528. The second-order valence-electron chi connectivity index (χ2n) is 4.52. The van der Waals surface area contributed by atoms with Crippen LogP contribution in [0.3, 0.4) is 0 Å². The highest BCUT2D eigenvalue weighted by Crippen LogP contribution is 2.11. The number of benzene rings is 1. The lowest BCUT2D eigenvalue weighted by Crippen LogP contribution is -2.13. The summed E-state index contributed by atoms with van der Waals surface area (Å²) < 4.78 is 5.68. The minimum absolute atomic E-state index is 0.516. The number of nitrogens with one attached hydrogen (secondary N) is 1. The van der Waals surface area contributed by atoms with Gasteiger partial charge in [-0.25, -0.2) is 0 Å². The van der Waals surface area contributed by atoms with Gasteiger partial charge in [-0.05, 0) is 36.4 Å². The van der Waals surface area contributed by atoms with Crippen LogP contribution in [0.4, 0.5) is 0 Å². The van der Waals surface area contributed by atoms with Crippen molar-refractivity contribution in [1.29, 1.82) is 0 Å². The van der Waals surface area contributed by atoms with E-state index in [2.05, 4.69) is 17.2 Å². The van der Waals surface area contributed by atoms with Crippen LogP contribution < -0.4 is 5.32 Å². The molecule has 0 bridgehead atoms. The molecule has 106 valence electrons. The number of ether oxygens (including phenoxy) is 1. The number of halogens is 1. The van der Waals surface area contributed by atoms with E-state index in [9.17, 15) is 0 Å². The van der Waals surface area contributed by atoms with Crippen molar-refractivity contribution < 1.29 is 4.74 Å². The predicted molar refractivity (Wildman–Crippen MR) is 81.6 cm³/mol. The molecule has 4 heteroatoms. The number of hydrogen-bond donors (Lipinski definition) is 1. The van der Waals surface area contributed by atoms with Gasteiger partial charge in [0.2, 0.25) is 0 Å². The Morgan fingerprint density at radius 1 is 1.05 bits per heavy atom. The zero-order valence-electron chi connectivity index (χ0n) is 11.6. The first-order valence-corrected chi connectivity index (χ1v) is 7.13. The van der Waals surface area contributed by atoms with Gasteiger partial charge in [0.05, 0.1) is 24.6 Å². The lowest BCUT2D eigenvalue weighted by Gasteiger charge is -2.06. The fraction of sp³-hybridized carbons (Fsp3) is 0.312. The van der Waals surface area contributed by atoms with Gasteiger partial charge >= 0.3 is 0 Å². The molecule has 0 spiro atoms. The standard InChI is InChI=1S/C16H19ClN2O/c1-2-18-10-15-4-3-5-16(19-15)12-20-11-13-6-8-14(17)9-7-13/h3-9,18H,2,10-12H2,1H3. The molecule has 0 amide bonds. The Balaban J connectivity index is 1.82. The Labute approximate surface area is 124 Å². The first-order valence-electron chi connectivity index (χ1n) is 6.75. The van der Waals surface area contributed by atoms with Crippen LogP contribution in [0.25, 0.3) is 0 Å². The Kier molecular flexibility index (Phi) is 5.99. The van der Waals surface area contributed by atoms with Gasteiger partial charge < -0.3 is 10.1 Å². The molecule has 0 fully saturated rings. The van der Waals surface area contributed by atoms with Crippen LogP contribution in [0.1, 0.15) is 23.9 Å². The van der Waals surface area contributed by atoms with E-state index in [1.807, 2.05) is 42.5 Å². The molecule has 0 aliphatic heterocycles. The van der Waals surface area contributed by atoms with E-state index in [4.69, 9.17) is 16.3 Å². The second kappa shape index (κ2) is 8.00. The monoisotopic (exact) mass is 290 g/mol. The number of hydrogen-bond acceptors (Lipinski definition) is 3. The van der Waals surface area contributed by atoms with Crippen molar-refractivity contribution in [3.05, 3.63) is 64.4 Å². The third kappa shape index (κ3) is 4.93. The molecule has 2 rings (SSSR count). The number of nitrogens with zero attached hydrogens (tertiary/aromatic N) is 1. The zero-order chi connectivity index (χ0) is 14.2. The third-order valence-electron chi connectivity index (χ3n) is 2.85. The highest BCUT2D eigenvalue weighted by Gasteiger charge is 1.99. The SMILES string of the molecule is CCNCc1cccc(COCc2ccc(Cl)cc2)n1. The summed E-state index contributed by atoms with van der Waals surface area (Å²) in [5.41, 5.74) is 3.10.